The normalized spacial score (nSPS) is 16.7. The number of thiophene rings is 1. The first-order valence-corrected chi connectivity index (χ1v) is 9.25. The molecule has 1 atom stereocenters. The average molecular weight is 353 g/mol. The molecular formula is C17H27N3O3S. The average Bonchev–Trinajstić information content (AvgIpc) is 3.05. The number of hydrogen-bond acceptors (Lipinski definition) is 4. The molecule has 7 heteroatoms. The van der Waals surface area contributed by atoms with E-state index in [1.165, 1.54) is 4.88 Å². The minimum atomic E-state index is -0.499. The lowest BCUT2D eigenvalue weighted by Gasteiger charge is -2.36. The maximum atomic E-state index is 12.5. The van der Waals surface area contributed by atoms with Crippen LogP contribution in [0.4, 0.5) is 9.59 Å². The van der Waals surface area contributed by atoms with Crippen LogP contribution in [-0.2, 0) is 4.74 Å². The molecule has 2 heterocycles. The molecule has 0 radical (unpaired) electrons. The molecule has 3 amide bonds. The Hall–Kier alpha value is -1.76. The Morgan fingerprint density at radius 3 is 2.38 bits per heavy atom. The summed E-state index contributed by atoms with van der Waals surface area (Å²) in [4.78, 5) is 29.1. The second-order valence-corrected chi connectivity index (χ2v) is 7.86. The zero-order chi connectivity index (χ0) is 17.7. The highest BCUT2D eigenvalue weighted by molar-refractivity contribution is 7.10. The number of nitrogens with zero attached hydrogens (tertiary/aromatic N) is 2. The van der Waals surface area contributed by atoms with Gasteiger partial charge in [-0.15, -0.1) is 11.3 Å². The van der Waals surface area contributed by atoms with Crippen molar-refractivity contribution in [3.8, 4) is 0 Å². The van der Waals surface area contributed by atoms with Crippen LogP contribution in [0, 0.1) is 0 Å². The number of rotatable bonds is 3. The van der Waals surface area contributed by atoms with Gasteiger partial charge in [0.1, 0.15) is 5.60 Å². The molecule has 1 aromatic rings. The molecule has 24 heavy (non-hydrogen) atoms. The molecule has 134 valence electrons. The van der Waals surface area contributed by atoms with E-state index in [2.05, 4.69) is 12.2 Å². The Kier molecular flexibility index (Phi) is 6.10. The van der Waals surface area contributed by atoms with Crippen LogP contribution in [0.3, 0.4) is 0 Å². The molecule has 1 fully saturated rings. The monoisotopic (exact) mass is 353 g/mol. The lowest BCUT2D eigenvalue weighted by Crippen LogP contribution is -2.54. The molecule has 1 aliphatic rings. The molecule has 1 saturated heterocycles. The summed E-state index contributed by atoms with van der Waals surface area (Å²) in [6, 6.07) is 4.01. The van der Waals surface area contributed by atoms with Gasteiger partial charge < -0.3 is 19.9 Å². The maximum absolute atomic E-state index is 12.5. The van der Waals surface area contributed by atoms with E-state index in [4.69, 9.17) is 4.74 Å². The molecule has 1 N–H and O–H groups in total. The third-order valence-electron chi connectivity index (χ3n) is 3.81. The largest absolute Gasteiger partial charge is 0.444 e. The first-order valence-electron chi connectivity index (χ1n) is 8.37. The third-order valence-corrected chi connectivity index (χ3v) is 4.80. The van der Waals surface area contributed by atoms with Crippen LogP contribution in [0.5, 0.6) is 0 Å². The summed E-state index contributed by atoms with van der Waals surface area (Å²) >= 11 is 1.65. The van der Waals surface area contributed by atoms with Gasteiger partial charge >= 0.3 is 12.1 Å². The van der Waals surface area contributed by atoms with Gasteiger partial charge in [0, 0.05) is 31.1 Å². The van der Waals surface area contributed by atoms with Crippen molar-refractivity contribution in [2.45, 2.75) is 45.8 Å². The van der Waals surface area contributed by atoms with Crippen LogP contribution in [-0.4, -0.2) is 53.7 Å². The fourth-order valence-corrected chi connectivity index (χ4v) is 3.38. The van der Waals surface area contributed by atoms with E-state index in [1.807, 2.05) is 38.3 Å². The molecule has 0 aromatic carbocycles. The van der Waals surface area contributed by atoms with Gasteiger partial charge in [0.05, 0.1) is 6.04 Å². The van der Waals surface area contributed by atoms with E-state index in [-0.39, 0.29) is 18.2 Å². The number of hydrogen-bond donors (Lipinski definition) is 1. The number of carbonyl (C=O) groups is 2. The van der Waals surface area contributed by atoms with Crippen LogP contribution < -0.4 is 5.32 Å². The predicted molar refractivity (Wildman–Crippen MR) is 95.3 cm³/mol. The zero-order valence-electron chi connectivity index (χ0n) is 14.9. The van der Waals surface area contributed by atoms with Crippen molar-refractivity contribution < 1.29 is 14.3 Å². The van der Waals surface area contributed by atoms with E-state index in [1.54, 1.807) is 21.1 Å². The van der Waals surface area contributed by atoms with Gasteiger partial charge in [-0.25, -0.2) is 9.59 Å². The molecule has 0 saturated carbocycles. The van der Waals surface area contributed by atoms with Gasteiger partial charge in [-0.05, 0) is 38.6 Å². The Morgan fingerprint density at radius 2 is 1.88 bits per heavy atom. The van der Waals surface area contributed by atoms with Gasteiger partial charge in [-0.3, -0.25) is 0 Å². The van der Waals surface area contributed by atoms with Gasteiger partial charge in [-0.2, -0.15) is 0 Å². The van der Waals surface area contributed by atoms with Crippen molar-refractivity contribution in [2.75, 3.05) is 26.2 Å². The van der Waals surface area contributed by atoms with E-state index in [0.717, 1.165) is 6.42 Å². The van der Waals surface area contributed by atoms with Crippen LogP contribution in [0.1, 0.15) is 45.0 Å². The second kappa shape index (κ2) is 7.88. The number of urea groups is 1. The summed E-state index contributed by atoms with van der Waals surface area (Å²) in [5.74, 6) is 0. The first-order chi connectivity index (χ1) is 11.3. The van der Waals surface area contributed by atoms with E-state index in [9.17, 15) is 9.59 Å². The minimum absolute atomic E-state index is 0.0429. The number of nitrogens with one attached hydrogen (secondary N) is 1. The van der Waals surface area contributed by atoms with Gasteiger partial charge in [0.25, 0.3) is 0 Å². The molecule has 0 bridgehead atoms. The summed E-state index contributed by atoms with van der Waals surface area (Å²) in [6.45, 7) is 9.65. The summed E-state index contributed by atoms with van der Waals surface area (Å²) in [5.41, 5.74) is -0.499. The van der Waals surface area contributed by atoms with E-state index in [0.29, 0.717) is 26.2 Å². The molecule has 1 aromatic heterocycles. The molecule has 0 spiro atoms. The second-order valence-electron chi connectivity index (χ2n) is 6.88. The highest BCUT2D eigenvalue weighted by atomic mass is 32.1. The fourth-order valence-electron chi connectivity index (χ4n) is 2.52. The summed E-state index contributed by atoms with van der Waals surface area (Å²) in [5, 5.41) is 5.10. The predicted octanol–water partition coefficient (Wildman–Crippen LogP) is 3.46. The van der Waals surface area contributed by atoms with E-state index < -0.39 is 5.60 Å². The van der Waals surface area contributed by atoms with Crippen molar-refractivity contribution in [3.63, 3.8) is 0 Å². The highest BCUT2D eigenvalue weighted by Gasteiger charge is 2.28. The molecule has 1 unspecified atom stereocenters. The molecule has 2 rings (SSSR count). The van der Waals surface area contributed by atoms with Crippen molar-refractivity contribution in [1.29, 1.82) is 0 Å². The lowest BCUT2D eigenvalue weighted by molar-refractivity contribution is 0.0169. The van der Waals surface area contributed by atoms with Crippen LogP contribution in [0.2, 0.25) is 0 Å². The molecule has 6 nitrogen and oxygen atoms in total. The first kappa shape index (κ1) is 18.6. The van der Waals surface area contributed by atoms with Crippen molar-refractivity contribution in [3.05, 3.63) is 22.4 Å². The van der Waals surface area contributed by atoms with Crippen molar-refractivity contribution in [2.24, 2.45) is 0 Å². The maximum Gasteiger partial charge on any atom is 0.410 e. The summed E-state index contributed by atoms with van der Waals surface area (Å²) < 4.78 is 5.37. The van der Waals surface area contributed by atoms with Gasteiger partial charge in [-0.1, -0.05) is 13.0 Å². The zero-order valence-corrected chi connectivity index (χ0v) is 15.7. The standard InChI is InChI=1S/C17H27N3O3S/c1-5-13(14-7-6-12-24-14)18-15(21)19-8-10-20(11-9-19)16(22)23-17(2,3)4/h6-7,12-13H,5,8-11H2,1-4H3,(H,18,21). The third kappa shape index (κ3) is 5.12. The fraction of sp³-hybridized carbons (Fsp3) is 0.647. The van der Waals surface area contributed by atoms with Gasteiger partial charge in [0.15, 0.2) is 0 Å². The van der Waals surface area contributed by atoms with Crippen molar-refractivity contribution in [1.82, 2.24) is 15.1 Å². The smallest absolute Gasteiger partial charge is 0.410 e. The quantitative estimate of drug-likeness (QED) is 0.905. The molecule has 0 aliphatic carbocycles. The SMILES string of the molecule is CCC(NC(=O)N1CCN(C(=O)OC(C)(C)C)CC1)c1cccs1. The number of piperazine rings is 1. The molecular weight excluding hydrogens is 326 g/mol. The minimum Gasteiger partial charge on any atom is -0.444 e. The topological polar surface area (TPSA) is 61.9 Å². The summed E-state index contributed by atoms with van der Waals surface area (Å²) in [7, 11) is 0. The number of carbonyl (C=O) groups excluding carboxylic acids is 2. The molecule has 1 aliphatic heterocycles. The number of amides is 3. The van der Waals surface area contributed by atoms with Crippen LogP contribution >= 0.6 is 11.3 Å². The Bertz CT molecular complexity index is 546. The highest BCUT2D eigenvalue weighted by Crippen LogP contribution is 2.22. The van der Waals surface area contributed by atoms with Crippen LogP contribution in [0.25, 0.3) is 0 Å². The summed E-state index contributed by atoms with van der Waals surface area (Å²) in [6.07, 6.45) is 0.539. The Labute approximate surface area is 147 Å². The number of ether oxygens (including phenoxy) is 1. The Balaban J connectivity index is 1.83. The van der Waals surface area contributed by atoms with E-state index >= 15 is 0 Å². The van der Waals surface area contributed by atoms with Gasteiger partial charge in [0.2, 0.25) is 0 Å². The van der Waals surface area contributed by atoms with Crippen LogP contribution in [0.15, 0.2) is 17.5 Å². The lowest BCUT2D eigenvalue weighted by atomic mass is 10.2. The Morgan fingerprint density at radius 1 is 1.25 bits per heavy atom. The van der Waals surface area contributed by atoms with Crippen molar-refractivity contribution >= 4 is 23.5 Å².